The summed E-state index contributed by atoms with van der Waals surface area (Å²) in [5, 5.41) is 8.72. The molecule has 0 aliphatic rings. The number of rotatable bonds is 3. The van der Waals surface area contributed by atoms with E-state index < -0.39 is 0 Å². The molecule has 5 heteroatoms. The molecule has 0 fully saturated rings. The van der Waals surface area contributed by atoms with E-state index in [9.17, 15) is 4.79 Å². The van der Waals surface area contributed by atoms with Gasteiger partial charge in [-0.3, -0.25) is 5.32 Å². The lowest BCUT2D eigenvalue weighted by Gasteiger charge is -2.08. The largest absolute Gasteiger partial charge is 0.334 e. The molecule has 2 N–H and O–H groups in total. The van der Waals surface area contributed by atoms with Gasteiger partial charge in [0.25, 0.3) is 0 Å². The number of urea groups is 1. The summed E-state index contributed by atoms with van der Waals surface area (Å²) in [4.78, 5) is 16.8. The SMILES string of the molecule is Cc1cc(C)c2sc(NC(=O)NCc3cccc4ccccc34)nc2c1. The average Bonchev–Trinajstić information content (AvgIpc) is 3.02. The minimum atomic E-state index is -0.244. The number of nitrogens with zero attached hydrogens (tertiary/aromatic N) is 1. The Morgan fingerprint density at radius 2 is 1.88 bits per heavy atom. The van der Waals surface area contributed by atoms with Gasteiger partial charge < -0.3 is 5.32 Å². The highest BCUT2D eigenvalue weighted by molar-refractivity contribution is 7.22. The molecule has 4 aromatic rings. The minimum absolute atomic E-state index is 0.244. The maximum Gasteiger partial charge on any atom is 0.321 e. The van der Waals surface area contributed by atoms with E-state index in [1.165, 1.54) is 27.8 Å². The summed E-state index contributed by atoms with van der Waals surface area (Å²) in [5.74, 6) is 0. The van der Waals surface area contributed by atoms with Crippen molar-refractivity contribution in [2.45, 2.75) is 20.4 Å². The average molecular weight is 361 g/mol. The van der Waals surface area contributed by atoms with Crippen LogP contribution in [0.3, 0.4) is 0 Å². The fraction of sp³-hybridized carbons (Fsp3) is 0.143. The molecule has 4 nitrogen and oxygen atoms in total. The summed E-state index contributed by atoms with van der Waals surface area (Å²) >= 11 is 1.50. The third kappa shape index (κ3) is 3.26. The molecule has 26 heavy (non-hydrogen) atoms. The number of hydrogen-bond acceptors (Lipinski definition) is 3. The van der Waals surface area contributed by atoms with Crippen LogP contribution in [-0.4, -0.2) is 11.0 Å². The van der Waals surface area contributed by atoms with Gasteiger partial charge in [0.2, 0.25) is 0 Å². The number of amides is 2. The van der Waals surface area contributed by atoms with Crippen LogP contribution in [0.1, 0.15) is 16.7 Å². The topological polar surface area (TPSA) is 54.0 Å². The predicted octanol–water partition coefficient (Wildman–Crippen LogP) is 5.39. The van der Waals surface area contributed by atoms with Crippen molar-refractivity contribution in [3.63, 3.8) is 0 Å². The summed E-state index contributed by atoms with van der Waals surface area (Å²) in [6, 6.07) is 18.2. The van der Waals surface area contributed by atoms with E-state index in [2.05, 4.69) is 53.7 Å². The minimum Gasteiger partial charge on any atom is -0.334 e. The van der Waals surface area contributed by atoms with Crippen LogP contribution in [0.4, 0.5) is 9.93 Å². The van der Waals surface area contributed by atoms with E-state index in [1.54, 1.807) is 0 Å². The highest BCUT2D eigenvalue weighted by Gasteiger charge is 2.10. The molecule has 0 aliphatic heterocycles. The van der Waals surface area contributed by atoms with E-state index in [0.717, 1.165) is 21.2 Å². The van der Waals surface area contributed by atoms with E-state index in [1.807, 2.05) is 30.3 Å². The molecule has 4 rings (SSSR count). The van der Waals surface area contributed by atoms with Crippen LogP contribution in [0, 0.1) is 13.8 Å². The molecular formula is C21H19N3OS. The van der Waals surface area contributed by atoms with Gasteiger partial charge in [0.1, 0.15) is 0 Å². The summed E-state index contributed by atoms with van der Waals surface area (Å²) in [6.45, 7) is 4.59. The van der Waals surface area contributed by atoms with Crippen molar-refractivity contribution < 1.29 is 4.79 Å². The van der Waals surface area contributed by atoms with Crippen molar-refractivity contribution in [1.82, 2.24) is 10.3 Å². The van der Waals surface area contributed by atoms with Crippen LogP contribution in [0.5, 0.6) is 0 Å². The van der Waals surface area contributed by atoms with Gasteiger partial charge in [0, 0.05) is 6.54 Å². The van der Waals surface area contributed by atoms with Crippen molar-refractivity contribution in [3.05, 3.63) is 71.3 Å². The summed E-state index contributed by atoms with van der Waals surface area (Å²) in [7, 11) is 0. The smallest absolute Gasteiger partial charge is 0.321 e. The summed E-state index contributed by atoms with van der Waals surface area (Å²) < 4.78 is 1.11. The zero-order chi connectivity index (χ0) is 18.1. The summed E-state index contributed by atoms with van der Waals surface area (Å²) in [5.41, 5.74) is 4.37. The van der Waals surface area contributed by atoms with Gasteiger partial charge in [0.05, 0.1) is 10.2 Å². The van der Waals surface area contributed by atoms with Crippen LogP contribution < -0.4 is 10.6 Å². The third-order valence-corrected chi connectivity index (χ3v) is 5.48. The first kappa shape index (κ1) is 16.5. The molecule has 0 atom stereocenters. The Labute approximate surface area is 155 Å². The van der Waals surface area contributed by atoms with E-state index in [0.29, 0.717) is 11.7 Å². The number of carbonyl (C=O) groups excluding carboxylic acids is 1. The number of benzene rings is 3. The second-order valence-electron chi connectivity index (χ2n) is 6.40. The zero-order valence-corrected chi connectivity index (χ0v) is 15.5. The van der Waals surface area contributed by atoms with Gasteiger partial charge in [-0.1, -0.05) is 59.9 Å². The molecular weight excluding hydrogens is 342 g/mol. The molecule has 130 valence electrons. The van der Waals surface area contributed by atoms with Crippen molar-refractivity contribution in [2.24, 2.45) is 0 Å². The second-order valence-corrected chi connectivity index (χ2v) is 7.39. The fourth-order valence-electron chi connectivity index (χ4n) is 3.19. The highest BCUT2D eigenvalue weighted by Crippen LogP contribution is 2.29. The quantitative estimate of drug-likeness (QED) is 0.514. The van der Waals surface area contributed by atoms with Crippen molar-refractivity contribution in [2.75, 3.05) is 5.32 Å². The lowest BCUT2D eigenvalue weighted by Crippen LogP contribution is -2.28. The molecule has 0 unspecified atom stereocenters. The van der Waals surface area contributed by atoms with Crippen LogP contribution in [-0.2, 0) is 6.54 Å². The molecule has 3 aromatic carbocycles. The van der Waals surface area contributed by atoms with E-state index in [4.69, 9.17) is 0 Å². The lowest BCUT2D eigenvalue weighted by atomic mass is 10.0. The zero-order valence-electron chi connectivity index (χ0n) is 14.7. The second kappa shape index (κ2) is 6.77. The number of aromatic nitrogens is 1. The Balaban J connectivity index is 1.48. The number of fused-ring (bicyclic) bond motifs is 2. The lowest BCUT2D eigenvalue weighted by molar-refractivity contribution is 0.252. The Bertz CT molecular complexity index is 1110. The molecule has 2 amide bonds. The van der Waals surface area contributed by atoms with E-state index >= 15 is 0 Å². The van der Waals surface area contributed by atoms with Gasteiger partial charge >= 0.3 is 6.03 Å². The summed E-state index contributed by atoms with van der Waals surface area (Å²) in [6.07, 6.45) is 0. The standard InChI is InChI=1S/C21H19N3OS/c1-13-10-14(2)19-18(11-13)23-21(26-19)24-20(25)22-12-16-8-5-7-15-6-3-4-9-17(15)16/h3-11H,12H2,1-2H3,(H2,22,23,24,25). The first-order valence-electron chi connectivity index (χ1n) is 8.49. The van der Waals surface area contributed by atoms with Crippen molar-refractivity contribution in [3.8, 4) is 0 Å². The Kier molecular flexibility index (Phi) is 4.31. The number of thiazole rings is 1. The Morgan fingerprint density at radius 3 is 2.77 bits per heavy atom. The van der Waals surface area contributed by atoms with E-state index in [-0.39, 0.29) is 6.03 Å². The van der Waals surface area contributed by atoms with Gasteiger partial charge in [-0.2, -0.15) is 0 Å². The maximum absolute atomic E-state index is 12.3. The van der Waals surface area contributed by atoms with Crippen LogP contribution in [0.15, 0.2) is 54.6 Å². The maximum atomic E-state index is 12.3. The van der Waals surface area contributed by atoms with Gasteiger partial charge in [-0.25, -0.2) is 9.78 Å². The van der Waals surface area contributed by atoms with Crippen LogP contribution >= 0.6 is 11.3 Å². The highest BCUT2D eigenvalue weighted by atomic mass is 32.1. The third-order valence-electron chi connectivity index (χ3n) is 4.36. The van der Waals surface area contributed by atoms with Crippen LogP contribution in [0.25, 0.3) is 21.0 Å². The number of anilines is 1. The molecule has 0 bridgehead atoms. The first-order chi connectivity index (χ1) is 12.6. The molecule has 0 saturated heterocycles. The Morgan fingerprint density at radius 1 is 1.08 bits per heavy atom. The normalized spacial score (nSPS) is 11.0. The molecule has 1 aromatic heterocycles. The molecule has 0 spiro atoms. The van der Waals surface area contributed by atoms with Gasteiger partial charge in [0.15, 0.2) is 5.13 Å². The molecule has 1 heterocycles. The first-order valence-corrected chi connectivity index (χ1v) is 9.31. The fourth-order valence-corrected chi connectivity index (χ4v) is 4.10. The van der Waals surface area contributed by atoms with Gasteiger partial charge in [-0.05, 0) is 47.4 Å². The molecule has 0 aliphatic carbocycles. The number of hydrogen-bond donors (Lipinski definition) is 2. The molecule has 0 radical (unpaired) electrons. The van der Waals surface area contributed by atoms with Gasteiger partial charge in [-0.15, -0.1) is 0 Å². The molecule has 0 saturated carbocycles. The number of aryl methyl sites for hydroxylation is 2. The predicted molar refractivity (Wildman–Crippen MR) is 109 cm³/mol. The number of nitrogens with one attached hydrogen (secondary N) is 2. The Hall–Kier alpha value is -2.92. The van der Waals surface area contributed by atoms with Crippen molar-refractivity contribution in [1.29, 1.82) is 0 Å². The monoisotopic (exact) mass is 361 g/mol. The van der Waals surface area contributed by atoms with Crippen LogP contribution in [0.2, 0.25) is 0 Å². The number of carbonyl (C=O) groups is 1. The van der Waals surface area contributed by atoms with Crippen molar-refractivity contribution >= 4 is 43.5 Å².